The number of benzene rings is 2. The lowest BCUT2D eigenvalue weighted by atomic mass is 9.80. The fourth-order valence-electron chi connectivity index (χ4n) is 5.64. The van der Waals surface area contributed by atoms with Crippen molar-refractivity contribution in [2.24, 2.45) is 11.8 Å². The number of aromatic nitrogens is 2. The minimum Gasteiger partial charge on any atom is -0.497 e. The molecule has 1 amide bonds. The number of nitro benzene ring substituents is 1. The first kappa shape index (κ1) is 33.2. The number of hydrogen-bond acceptors (Lipinski definition) is 8. The number of nitrogens with zero attached hydrogens (tertiary/aromatic N) is 4. The van der Waals surface area contributed by atoms with Gasteiger partial charge in [0, 0.05) is 44.4 Å². The van der Waals surface area contributed by atoms with Crippen molar-refractivity contribution in [3.8, 4) is 17.2 Å². The van der Waals surface area contributed by atoms with Crippen molar-refractivity contribution < 1.29 is 19.2 Å². The van der Waals surface area contributed by atoms with Gasteiger partial charge in [-0.1, -0.05) is 38.0 Å². The minimum absolute atomic E-state index is 0.131. The Kier molecular flexibility index (Phi) is 11.7. The number of anilines is 1. The maximum atomic E-state index is 13.2. The van der Waals surface area contributed by atoms with Gasteiger partial charge in [0.2, 0.25) is 0 Å². The second-order valence-corrected chi connectivity index (χ2v) is 11.6. The Morgan fingerprint density at radius 2 is 1.78 bits per heavy atom. The molecule has 1 N–H and O–H groups in total. The molecule has 10 nitrogen and oxygen atoms in total. The molecule has 0 spiro atoms. The number of carbonyl (C=O) groups is 1. The Morgan fingerprint density at radius 3 is 2.42 bits per heavy atom. The van der Waals surface area contributed by atoms with Gasteiger partial charge in [-0.3, -0.25) is 14.9 Å². The van der Waals surface area contributed by atoms with Gasteiger partial charge in [0.05, 0.1) is 22.9 Å². The summed E-state index contributed by atoms with van der Waals surface area (Å²) in [5, 5.41) is 16.1. The van der Waals surface area contributed by atoms with Crippen molar-refractivity contribution in [2.75, 3.05) is 32.6 Å². The number of nitro groups is 1. The van der Waals surface area contributed by atoms with Crippen LogP contribution < -0.4 is 30.3 Å². The number of rotatable bonds is 13. The molecule has 1 aromatic heterocycles. The molecule has 4 rings (SSSR count). The van der Waals surface area contributed by atoms with E-state index < -0.39 is 4.92 Å². The Hall–Kier alpha value is -4.73. The summed E-state index contributed by atoms with van der Waals surface area (Å²) in [7, 11) is 5.54. The molecule has 0 saturated heterocycles. The number of amides is 1. The van der Waals surface area contributed by atoms with Gasteiger partial charge in [-0.15, -0.1) is 0 Å². The van der Waals surface area contributed by atoms with Gasteiger partial charge >= 0.3 is 0 Å². The molecule has 1 heterocycles. The molecule has 1 aliphatic rings. The van der Waals surface area contributed by atoms with Gasteiger partial charge in [0.1, 0.15) is 28.9 Å². The highest BCUT2D eigenvalue weighted by Gasteiger charge is 2.24. The van der Waals surface area contributed by atoms with Crippen LogP contribution in [0.4, 0.5) is 11.5 Å². The van der Waals surface area contributed by atoms with Gasteiger partial charge in [0.15, 0.2) is 0 Å². The van der Waals surface area contributed by atoms with E-state index in [0.717, 1.165) is 67.2 Å². The van der Waals surface area contributed by atoms with Crippen molar-refractivity contribution in [3.63, 3.8) is 0 Å². The Morgan fingerprint density at radius 1 is 1.09 bits per heavy atom. The Labute approximate surface area is 264 Å². The van der Waals surface area contributed by atoms with Gasteiger partial charge in [-0.2, -0.15) is 0 Å². The summed E-state index contributed by atoms with van der Waals surface area (Å²) in [4.78, 5) is 35.6. The van der Waals surface area contributed by atoms with Crippen LogP contribution in [0.2, 0.25) is 0 Å². The summed E-state index contributed by atoms with van der Waals surface area (Å²) >= 11 is 0. The zero-order valence-corrected chi connectivity index (χ0v) is 26.6. The second kappa shape index (κ2) is 15.8. The quantitative estimate of drug-likeness (QED) is 0.196. The van der Waals surface area contributed by atoms with Crippen LogP contribution in [-0.2, 0) is 6.42 Å². The molecule has 1 fully saturated rings. The number of ether oxygens (including phenoxy) is 2. The molecular formula is C35H43N5O5. The van der Waals surface area contributed by atoms with Gasteiger partial charge < -0.3 is 19.7 Å². The van der Waals surface area contributed by atoms with E-state index in [1.807, 2.05) is 44.1 Å². The summed E-state index contributed by atoms with van der Waals surface area (Å²) in [5.41, 5.74) is -0.0352. The molecule has 0 radical (unpaired) electrons. The summed E-state index contributed by atoms with van der Waals surface area (Å²) in [6.45, 7) is 6.65. The van der Waals surface area contributed by atoms with E-state index >= 15 is 0 Å². The number of nitrogens with one attached hydrogen (secondary N) is 1. The SMILES string of the molecule is C=c1nc(CCCC2CCC(CNC(=O)c3cc([N+](=O)[O-])ccc3Oc3ccc(OC)cc3)CC2)nc(N(C)C)/c1=C/C=C\C. The first-order valence-corrected chi connectivity index (χ1v) is 15.4. The lowest BCUT2D eigenvalue weighted by molar-refractivity contribution is -0.384. The van der Waals surface area contributed by atoms with Crippen molar-refractivity contribution in [3.05, 3.63) is 86.7 Å². The third-order valence-electron chi connectivity index (χ3n) is 8.17. The van der Waals surface area contributed by atoms with E-state index in [0.29, 0.717) is 29.9 Å². The number of carbonyl (C=O) groups excluding carboxylic acids is 1. The topological polar surface area (TPSA) is 120 Å². The highest BCUT2D eigenvalue weighted by atomic mass is 16.6. The average molecular weight is 614 g/mol. The van der Waals surface area contributed by atoms with E-state index in [1.54, 1.807) is 31.4 Å². The zero-order valence-electron chi connectivity index (χ0n) is 26.6. The molecule has 1 aliphatic carbocycles. The number of aryl methyl sites for hydroxylation is 1. The molecule has 0 bridgehead atoms. The molecular weight excluding hydrogens is 570 g/mol. The van der Waals surface area contributed by atoms with Crippen LogP contribution in [0.5, 0.6) is 17.2 Å². The molecule has 0 atom stereocenters. The number of methoxy groups -OCH3 is 1. The van der Waals surface area contributed by atoms with Crippen molar-refractivity contribution in [1.29, 1.82) is 0 Å². The zero-order chi connectivity index (χ0) is 32.3. The predicted octanol–water partition coefficient (Wildman–Crippen LogP) is 5.58. The Bertz CT molecular complexity index is 1610. The monoisotopic (exact) mass is 613 g/mol. The van der Waals surface area contributed by atoms with Crippen LogP contribution in [0, 0.1) is 22.0 Å². The lowest BCUT2D eigenvalue weighted by Crippen LogP contribution is -2.35. The molecule has 3 aromatic rings. The highest BCUT2D eigenvalue weighted by molar-refractivity contribution is 5.97. The summed E-state index contributed by atoms with van der Waals surface area (Å²) in [5.74, 6) is 3.73. The average Bonchev–Trinajstić information content (AvgIpc) is 3.04. The van der Waals surface area contributed by atoms with E-state index in [4.69, 9.17) is 14.5 Å². The molecule has 238 valence electrons. The molecule has 1 saturated carbocycles. The first-order chi connectivity index (χ1) is 21.7. The molecule has 2 aromatic carbocycles. The number of hydrogen-bond donors (Lipinski definition) is 1. The largest absolute Gasteiger partial charge is 0.497 e. The minimum atomic E-state index is -0.514. The third kappa shape index (κ3) is 9.14. The molecule has 10 heteroatoms. The smallest absolute Gasteiger partial charge is 0.270 e. The standard InChI is InChI=1S/C35H43N5O5/c1-6-7-10-30-24(2)37-33(38-34(30)39(3)4)11-8-9-25-12-14-26(15-13-25)23-36-35(41)31-22-27(40(42)43)16-21-32(31)45-29-19-17-28(44-5)18-20-29/h6-7,10,16-22,25-26H,2,8-9,11-15,23H2,1,3-5H3,(H,36,41)/b7-6-,30-10+. The number of allylic oxidation sites excluding steroid dienone is 2. The fraction of sp³-hybridized carbons (Fsp3) is 0.400. The van der Waals surface area contributed by atoms with Crippen molar-refractivity contribution in [1.82, 2.24) is 15.3 Å². The molecule has 0 unspecified atom stereocenters. The van der Waals surface area contributed by atoms with E-state index in [2.05, 4.69) is 16.9 Å². The van der Waals surface area contributed by atoms with E-state index in [1.165, 1.54) is 18.2 Å². The van der Waals surface area contributed by atoms with Crippen LogP contribution in [0.25, 0.3) is 12.7 Å². The van der Waals surface area contributed by atoms with Gasteiger partial charge in [-0.25, -0.2) is 9.97 Å². The summed E-state index contributed by atoms with van der Waals surface area (Å²) < 4.78 is 11.1. The second-order valence-electron chi connectivity index (χ2n) is 11.6. The van der Waals surface area contributed by atoms with Crippen molar-refractivity contribution in [2.45, 2.75) is 51.9 Å². The van der Waals surface area contributed by atoms with Gasteiger partial charge in [0.25, 0.3) is 11.6 Å². The van der Waals surface area contributed by atoms with E-state index in [-0.39, 0.29) is 22.9 Å². The normalized spacial score (nSPS) is 16.8. The highest BCUT2D eigenvalue weighted by Crippen LogP contribution is 2.33. The molecule has 45 heavy (non-hydrogen) atoms. The first-order valence-electron chi connectivity index (χ1n) is 15.4. The maximum Gasteiger partial charge on any atom is 0.270 e. The summed E-state index contributed by atoms with van der Waals surface area (Å²) in [6.07, 6.45) is 13.1. The van der Waals surface area contributed by atoms with Crippen LogP contribution >= 0.6 is 0 Å². The summed E-state index contributed by atoms with van der Waals surface area (Å²) in [6, 6.07) is 11.0. The number of non-ortho nitro benzene ring substituents is 1. The van der Waals surface area contributed by atoms with Crippen LogP contribution in [-0.4, -0.2) is 48.5 Å². The predicted molar refractivity (Wildman–Crippen MR) is 177 cm³/mol. The maximum absolute atomic E-state index is 13.2. The van der Waals surface area contributed by atoms with Crippen molar-refractivity contribution >= 4 is 30.1 Å². The lowest BCUT2D eigenvalue weighted by Gasteiger charge is -2.28. The van der Waals surface area contributed by atoms with E-state index in [9.17, 15) is 14.9 Å². The van der Waals surface area contributed by atoms with Crippen LogP contribution in [0.1, 0.15) is 61.6 Å². The Balaban J connectivity index is 1.29. The third-order valence-corrected chi connectivity index (χ3v) is 8.17. The van der Waals surface area contributed by atoms with Crippen LogP contribution in [0.3, 0.4) is 0 Å². The van der Waals surface area contributed by atoms with Gasteiger partial charge in [-0.05, 0) is 74.4 Å². The van der Waals surface area contributed by atoms with Crippen LogP contribution in [0.15, 0.2) is 54.6 Å². The molecule has 0 aliphatic heterocycles. The fourth-order valence-corrected chi connectivity index (χ4v) is 5.64.